The number of aliphatic hydroxyl groups is 1. The van der Waals surface area contributed by atoms with Gasteiger partial charge < -0.3 is 5.11 Å². The van der Waals surface area contributed by atoms with E-state index in [-0.39, 0.29) is 5.25 Å². The van der Waals surface area contributed by atoms with Crippen LogP contribution >= 0.6 is 0 Å². The lowest BCUT2D eigenvalue weighted by Gasteiger charge is -2.46. The Morgan fingerprint density at radius 1 is 1.46 bits per heavy atom. The van der Waals surface area contributed by atoms with E-state index in [1.165, 1.54) is 0 Å². The molecule has 1 N–H and O–H groups in total. The third-order valence-corrected chi connectivity index (χ3v) is 4.47. The Hall–Kier alpha value is 0.0700. The van der Waals surface area contributed by atoms with Crippen LogP contribution in [0.1, 0.15) is 26.7 Å². The summed E-state index contributed by atoms with van der Waals surface area (Å²) >= 11 is 0. The second-order valence-corrected chi connectivity index (χ2v) is 6.51. The molecular formula is C9H17NO2S. The first-order valence-electron chi connectivity index (χ1n) is 4.91. The van der Waals surface area contributed by atoms with Gasteiger partial charge in [0.1, 0.15) is 0 Å². The lowest BCUT2D eigenvalue weighted by Crippen LogP contribution is -2.64. The highest BCUT2D eigenvalue weighted by atomic mass is 32.2. The van der Waals surface area contributed by atoms with Crippen LogP contribution in [0.15, 0.2) is 0 Å². The summed E-state index contributed by atoms with van der Waals surface area (Å²) in [6.45, 7) is 5.13. The molecule has 1 atom stereocenters. The highest BCUT2D eigenvalue weighted by Gasteiger charge is 2.53. The van der Waals surface area contributed by atoms with E-state index in [1.807, 2.05) is 18.2 Å². The van der Waals surface area contributed by atoms with Crippen molar-refractivity contribution < 1.29 is 9.32 Å². The van der Waals surface area contributed by atoms with E-state index in [1.54, 1.807) is 0 Å². The van der Waals surface area contributed by atoms with Gasteiger partial charge in [0, 0.05) is 18.3 Å². The maximum absolute atomic E-state index is 11.6. The van der Waals surface area contributed by atoms with Gasteiger partial charge in [0.15, 0.2) is 0 Å². The highest BCUT2D eigenvalue weighted by Crippen LogP contribution is 2.45. The zero-order valence-electron chi connectivity index (χ0n) is 8.19. The van der Waals surface area contributed by atoms with Gasteiger partial charge in [0.2, 0.25) is 0 Å². The Balaban J connectivity index is 1.86. The zero-order valence-corrected chi connectivity index (χ0v) is 9.01. The molecule has 0 aromatic heterocycles. The van der Waals surface area contributed by atoms with E-state index in [9.17, 15) is 9.32 Å². The zero-order chi connectivity index (χ0) is 9.64. The molecule has 13 heavy (non-hydrogen) atoms. The number of β-amino-alcohol motifs (C(OH)–C–C–N with tert-alkyl or cyclic N) is 1. The Labute approximate surface area is 81.7 Å². The molecule has 0 aromatic rings. The molecule has 1 saturated carbocycles. The fraction of sp³-hybridized carbons (Fsp3) is 1.00. The third kappa shape index (κ3) is 1.67. The first-order valence-corrected chi connectivity index (χ1v) is 6.08. The van der Waals surface area contributed by atoms with E-state index in [2.05, 4.69) is 0 Å². The molecule has 0 spiro atoms. The summed E-state index contributed by atoms with van der Waals surface area (Å²) in [7, 11) is -0.892. The van der Waals surface area contributed by atoms with Crippen molar-refractivity contribution in [2.24, 2.45) is 5.92 Å². The molecule has 4 heteroatoms. The van der Waals surface area contributed by atoms with Crippen molar-refractivity contribution in [3.63, 3.8) is 0 Å². The molecule has 0 aromatic carbocycles. The number of hydrogen-bond donors (Lipinski definition) is 1. The van der Waals surface area contributed by atoms with Crippen molar-refractivity contribution in [2.75, 3.05) is 13.1 Å². The number of rotatable bonds is 3. The Morgan fingerprint density at radius 3 is 2.38 bits per heavy atom. The molecule has 1 aliphatic carbocycles. The monoisotopic (exact) mass is 203 g/mol. The minimum atomic E-state index is -0.892. The van der Waals surface area contributed by atoms with Crippen LogP contribution in [0.5, 0.6) is 0 Å². The second-order valence-electron chi connectivity index (χ2n) is 4.50. The smallest absolute Gasteiger partial charge is 0.0970 e. The van der Waals surface area contributed by atoms with E-state index >= 15 is 0 Å². The van der Waals surface area contributed by atoms with Crippen molar-refractivity contribution in [1.29, 1.82) is 0 Å². The Morgan fingerprint density at radius 2 is 2.00 bits per heavy atom. The van der Waals surface area contributed by atoms with Crippen molar-refractivity contribution >= 4 is 11.0 Å². The molecule has 0 radical (unpaired) electrons. The minimum Gasteiger partial charge on any atom is -0.387 e. The summed E-state index contributed by atoms with van der Waals surface area (Å²) in [6, 6.07) is 0. The summed E-state index contributed by atoms with van der Waals surface area (Å²) < 4.78 is 13.5. The Kier molecular flexibility index (Phi) is 2.25. The quantitative estimate of drug-likeness (QED) is 0.726. The van der Waals surface area contributed by atoms with Gasteiger partial charge in [-0.25, -0.2) is 8.51 Å². The van der Waals surface area contributed by atoms with Crippen LogP contribution < -0.4 is 0 Å². The first kappa shape index (κ1) is 9.62. The molecule has 1 heterocycles. The summed E-state index contributed by atoms with van der Waals surface area (Å²) in [5, 5.41) is 10.1. The van der Waals surface area contributed by atoms with Crippen molar-refractivity contribution in [3.05, 3.63) is 0 Å². The fourth-order valence-electron chi connectivity index (χ4n) is 1.87. The molecule has 1 saturated heterocycles. The molecule has 0 bridgehead atoms. The lowest BCUT2D eigenvalue weighted by atomic mass is 9.91. The average Bonchev–Trinajstić information content (AvgIpc) is 2.79. The summed E-state index contributed by atoms with van der Waals surface area (Å²) in [4.78, 5) is 0. The largest absolute Gasteiger partial charge is 0.387 e. The molecule has 76 valence electrons. The predicted octanol–water partition coefficient (Wildman–Crippen LogP) is 0.515. The SMILES string of the molecule is CC(C)S(=O)N1CC(O)(C2CC2)C1. The minimum absolute atomic E-state index is 0.170. The van der Waals surface area contributed by atoms with Crippen molar-refractivity contribution in [3.8, 4) is 0 Å². The van der Waals surface area contributed by atoms with E-state index in [0.29, 0.717) is 19.0 Å². The lowest BCUT2D eigenvalue weighted by molar-refractivity contribution is -0.0747. The molecule has 2 aliphatic rings. The van der Waals surface area contributed by atoms with Crippen molar-refractivity contribution in [1.82, 2.24) is 4.31 Å². The van der Waals surface area contributed by atoms with Gasteiger partial charge in [-0.2, -0.15) is 0 Å². The van der Waals surface area contributed by atoms with E-state index in [0.717, 1.165) is 12.8 Å². The van der Waals surface area contributed by atoms with Gasteiger partial charge >= 0.3 is 0 Å². The van der Waals surface area contributed by atoms with Gasteiger partial charge in [-0.1, -0.05) is 0 Å². The summed E-state index contributed by atoms with van der Waals surface area (Å²) in [5.74, 6) is 0.493. The standard InChI is InChI=1S/C9H17NO2S/c1-7(2)13(12)10-5-9(11,6-10)8-3-4-8/h7-8,11H,3-6H2,1-2H3. The van der Waals surface area contributed by atoms with Crippen LogP contribution in [0, 0.1) is 5.92 Å². The van der Waals surface area contributed by atoms with Crippen LogP contribution in [-0.4, -0.2) is 37.6 Å². The molecule has 2 rings (SSSR count). The number of hydrogen-bond acceptors (Lipinski definition) is 2. The normalized spacial score (nSPS) is 30.2. The topological polar surface area (TPSA) is 40.5 Å². The summed E-state index contributed by atoms with van der Waals surface area (Å²) in [5.41, 5.74) is -0.495. The highest BCUT2D eigenvalue weighted by molar-refractivity contribution is 7.83. The molecule has 3 nitrogen and oxygen atoms in total. The first-order chi connectivity index (χ1) is 6.03. The van der Waals surface area contributed by atoms with Gasteiger partial charge in [-0.3, -0.25) is 0 Å². The van der Waals surface area contributed by atoms with E-state index in [4.69, 9.17) is 0 Å². The van der Waals surface area contributed by atoms with Crippen molar-refractivity contribution in [2.45, 2.75) is 37.5 Å². The van der Waals surface area contributed by atoms with Gasteiger partial charge in [0.05, 0.1) is 16.6 Å². The van der Waals surface area contributed by atoms with Crippen LogP contribution in [0.3, 0.4) is 0 Å². The molecule has 1 aliphatic heterocycles. The third-order valence-electron chi connectivity index (χ3n) is 2.90. The summed E-state index contributed by atoms with van der Waals surface area (Å²) in [6.07, 6.45) is 2.30. The second kappa shape index (κ2) is 3.04. The van der Waals surface area contributed by atoms with Crippen LogP contribution in [-0.2, 0) is 11.0 Å². The maximum atomic E-state index is 11.6. The maximum Gasteiger partial charge on any atom is 0.0970 e. The van der Waals surface area contributed by atoms with Crippen LogP contribution in [0.2, 0.25) is 0 Å². The molecule has 2 fully saturated rings. The fourth-order valence-corrected chi connectivity index (χ4v) is 3.17. The van der Waals surface area contributed by atoms with E-state index < -0.39 is 16.6 Å². The predicted molar refractivity (Wildman–Crippen MR) is 52.5 cm³/mol. The van der Waals surface area contributed by atoms with Gasteiger partial charge in [-0.05, 0) is 32.6 Å². The van der Waals surface area contributed by atoms with Gasteiger partial charge in [-0.15, -0.1) is 0 Å². The molecule has 0 amide bonds. The average molecular weight is 203 g/mol. The van der Waals surface area contributed by atoms with Crippen LogP contribution in [0.25, 0.3) is 0 Å². The number of nitrogens with zero attached hydrogens (tertiary/aromatic N) is 1. The molecular weight excluding hydrogens is 186 g/mol. The molecule has 1 unspecified atom stereocenters. The Bertz CT molecular complexity index is 232. The van der Waals surface area contributed by atoms with Crippen LogP contribution in [0.4, 0.5) is 0 Å². The van der Waals surface area contributed by atoms with Gasteiger partial charge in [0.25, 0.3) is 0 Å².